The summed E-state index contributed by atoms with van der Waals surface area (Å²) in [6, 6.07) is 7.92. The van der Waals surface area contributed by atoms with Gasteiger partial charge in [0, 0.05) is 5.56 Å². The van der Waals surface area contributed by atoms with Gasteiger partial charge in [0.15, 0.2) is 23.5 Å². The molecular weight excluding hydrogens is 270 g/mol. The maximum absolute atomic E-state index is 12.1. The normalized spacial score (nSPS) is 10.6. The molecule has 0 aliphatic carbocycles. The molecule has 0 fully saturated rings. The highest BCUT2D eigenvalue weighted by atomic mass is 19.3. The average molecular weight is 282 g/mol. The first-order valence-electron chi connectivity index (χ1n) is 5.78. The van der Waals surface area contributed by atoms with Crippen LogP contribution < -0.4 is 9.47 Å². The van der Waals surface area contributed by atoms with Crippen LogP contribution in [0.25, 0.3) is 11.3 Å². The molecule has 0 amide bonds. The number of methoxy groups -OCH3 is 1. The lowest BCUT2D eigenvalue weighted by atomic mass is 10.1. The summed E-state index contributed by atoms with van der Waals surface area (Å²) in [6.07, 6.45) is -1.96. The molecule has 2 aromatic rings. The summed E-state index contributed by atoms with van der Waals surface area (Å²) in [7, 11) is 1.41. The molecule has 1 aromatic heterocycles. The monoisotopic (exact) mass is 282 g/mol. The zero-order valence-electron chi connectivity index (χ0n) is 10.6. The number of hydrogen-bond donors (Lipinski definition) is 0. The van der Waals surface area contributed by atoms with E-state index in [1.54, 1.807) is 18.2 Å². The molecule has 0 atom stereocenters. The van der Waals surface area contributed by atoms with Crippen molar-refractivity contribution in [2.45, 2.75) is 6.43 Å². The molecule has 0 radical (unpaired) electrons. The fourth-order valence-corrected chi connectivity index (χ4v) is 1.66. The van der Waals surface area contributed by atoms with Gasteiger partial charge in [-0.3, -0.25) is 4.79 Å². The van der Waals surface area contributed by atoms with Crippen molar-refractivity contribution in [3.8, 4) is 22.8 Å². The number of ether oxygens (including phenoxy) is 2. The Bertz CT molecular complexity index is 593. The molecule has 0 spiro atoms. The second-order valence-electron chi connectivity index (χ2n) is 3.89. The van der Waals surface area contributed by atoms with E-state index < -0.39 is 13.0 Å². The molecule has 20 heavy (non-hydrogen) atoms. The Kier molecular flexibility index (Phi) is 4.34. The summed E-state index contributed by atoms with van der Waals surface area (Å²) in [5.41, 5.74) is 0.652. The predicted molar refractivity (Wildman–Crippen MR) is 67.6 cm³/mol. The number of benzene rings is 1. The third-order valence-corrected chi connectivity index (χ3v) is 2.56. The van der Waals surface area contributed by atoms with E-state index in [-0.39, 0.29) is 11.5 Å². The third-order valence-electron chi connectivity index (χ3n) is 2.56. The number of rotatable bonds is 6. The molecule has 6 heteroatoms. The van der Waals surface area contributed by atoms with E-state index in [2.05, 4.69) is 0 Å². The summed E-state index contributed by atoms with van der Waals surface area (Å²) < 4.78 is 39.6. The third kappa shape index (κ3) is 3.14. The van der Waals surface area contributed by atoms with Gasteiger partial charge in [0.05, 0.1) is 7.11 Å². The molecular formula is C14H12F2O4. The molecule has 1 aromatic carbocycles. The molecule has 0 saturated heterocycles. The van der Waals surface area contributed by atoms with Crippen molar-refractivity contribution < 1.29 is 27.5 Å². The van der Waals surface area contributed by atoms with E-state index in [0.29, 0.717) is 23.4 Å². The molecule has 4 nitrogen and oxygen atoms in total. The molecule has 0 unspecified atom stereocenters. The van der Waals surface area contributed by atoms with Crippen LogP contribution in [0.5, 0.6) is 11.5 Å². The molecule has 0 aliphatic heterocycles. The van der Waals surface area contributed by atoms with E-state index in [0.717, 1.165) is 0 Å². The fraction of sp³-hybridized carbons (Fsp3) is 0.214. The van der Waals surface area contributed by atoms with Crippen LogP contribution in [-0.4, -0.2) is 26.4 Å². The highest BCUT2D eigenvalue weighted by Gasteiger charge is 2.12. The SMILES string of the molecule is COc1cc(-c2ccc(C=O)o2)ccc1OCC(F)F. The Morgan fingerprint density at radius 1 is 1.25 bits per heavy atom. The van der Waals surface area contributed by atoms with E-state index in [1.165, 1.54) is 19.2 Å². The lowest BCUT2D eigenvalue weighted by molar-refractivity contribution is 0.0804. The van der Waals surface area contributed by atoms with Gasteiger partial charge in [-0.15, -0.1) is 0 Å². The Morgan fingerprint density at radius 2 is 2.05 bits per heavy atom. The highest BCUT2D eigenvalue weighted by molar-refractivity contribution is 5.73. The van der Waals surface area contributed by atoms with Crippen molar-refractivity contribution in [3.05, 3.63) is 36.1 Å². The molecule has 0 saturated carbocycles. The molecule has 0 aliphatic rings. The minimum absolute atomic E-state index is 0.206. The van der Waals surface area contributed by atoms with Gasteiger partial charge in [-0.25, -0.2) is 8.78 Å². The van der Waals surface area contributed by atoms with E-state index >= 15 is 0 Å². The van der Waals surface area contributed by atoms with Crippen molar-refractivity contribution >= 4 is 6.29 Å². The first-order valence-corrected chi connectivity index (χ1v) is 5.78. The van der Waals surface area contributed by atoms with E-state index in [4.69, 9.17) is 13.9 Å². The lowest BCUT2D eigenvalue weighted by Crippen LogP contribution is -2.07. The zero-order valence-corrected chi connectivity index (χ0v) is 10.6. The average Bonchev–Trinajstić information content (AvgIpc) is 2.93. The molecule has 106 valence electrons. The van der Waals surface area contributed by atoms with E-state index in [1.807, 2.05) is 0 Å². The van der Waals surface area contributed by atoms with Crippen LogP contribution in [-0.2, 0) is 0 Å². The van der Waals surface area contributed by atoms with Gasteiger partial charge in [-0.2, -0.15) is 0 Å². The van der Waals surface area contributed by atoms with Crippen molar-refractivity contribution in [3.63, 3.8) is 0 Å². The van der Waals surface area contributed by atoms with Crippen LogP contribution in [0.3, 0.4) is 0 Å². The number of hydrogen-bond acceptors (Lipinski definition) is 4. The topological polar surface area (TPSA) is 48.7 Å². The van der Waals surface area contributed by atoms with Crippen LogP contribution in [0.1, 0.15) is 10.6 Å². The molecule has 1 heterocycles. The second kappa shape index (κ2) is 6.18. The number of aldehydes is 1. The van der Waals surface area contributed by atoms with Crippen LogP contribution in [0.2, 0.25) is 0 Å². The van der Waals surface area contributed by atoms with Crippen LogP contribution >= 0.6 is 0 Å². The van der Waals surface area contributed by atoms with Crippen LogP contribution in [0.4, 0.5) is 8.78 Å². The number of carbonyl (C=O) groups is 1. The minimum Gasteiger partial charge on any atom is -0.493 e. The van der Waals surface area contributed by atoms with Crippen molar-refractivity contribution in [2.75, 3.05) is 13.7 Å². The number of halogens is 2. The summed E-state index contributed by atoms with van der Waals surface area (Å²) in [5, 5.41) is 0. The maximum Gasteiger partial charge on any atom is 0.272 e. The fourth-order valence-electron chi connectivity index (χ4n) is 1.66. The van der Waals surface area contributed by atoms with Crippen molar-refractivity contribution in [1.82, 2.24) is 0 Å². The van der Waals surface area contributed by atoms with Gasteiger partial charge in [0.25, 0.3) is 6.43 Å². The Hall–Kier alpha value is -2.37. The Morgan fingerprint density at radius 3 is 2.65 bits per heavy atom. The summed E-state index contributed by atoms with van der Waals surface area (Å²) in [4.78, 5) is 10.6. The zero-order chi connectivity index (χ0) is 14.5. The van der Waals surface area contributed by atoms with E-state index in [9.17, 15) is 13.6 Å². The highest BCUT2D eigenvalue weighted by Crippen LogP contribution is 2.33. The van der Waals surface area contributed by atoms with Gasteiger partial charge < -0.3 is 13.9 Å². The van der Waals surface area contributed by atoms with Gasteiger partial charge in [-0.05, 0) is 30.3 Å². The van der Waals surface area contributed by atoms with Gasteiger partial charge in [0.1, 0.15) is 12.4 Å². The first kappa shape index (κ1) is 14.0. The molecule has 0 N–H and O–H groups in total. The van der Waals surface area contributed by atoms with Crippen LogP contribution in [0, 0.1) is 0 Å². The van der Waals surface area contributed by atoms with Crippen molar-refractivity contribution in [2.24, 2.45) is 0 Å². The maximum atomic E-state index is 12.1. The van der Waals surface area contributed by atoms with Gasteiger partial charge in [-0.1, -0.05) is 0 Å². The number of carbonyl (C=O) groups excluding carboxylic acids is 1. The molecule has 2 rings (SSSR count). The quantitative estimate of drug-likeness (QED) is 0.762. The smallest absolute Gasteiger partial charge is 0.272 e. The number of furan rings is 1. The summed E-state index contributed by atoms with van der Waals surface area (Å²) in [5.74, 6) is 1.22. The largest absolute Gasteiger partial charge is 0.493 e. The van der Waals surface area contributed by atoms with Gasteiger partial charge in [0.2, 0.25) is 0 Å². The second-order valence-corrected chi connectivity index (χ2v) is 3.89. The van der Waals surface area contributed by atoms with Crippen LogP contribution in [0.15, 0.2) is 34.7 Å². The molecule has 0 bridgehead atoms. The number of alkyl halides is 2. The summed E-state index contributed by atoms with van der Waals surface area (Å²) >= 11 is 0. The predicted octanol–water partition coefficient (Wildman–Crippen LogP) is 3.41. The van der Waals surface area contributed by atoms with Gasteiger partial charge >= 0.3 is 0 Å². The standard InChI is InChI=1S/C14H12F2O4/c1-18-13-6-9(11-5-3-10(7-17)20-11)2-4-12(13)19-8-14(15)16/h2-7,14H,8H2,1H3. The lowest BCUT2D eigenvalue weighted by Gasteiger charge is -2.11. The Labute approximate surface area is 113 Å². The Balaban J connectivity index is 2.26. The summed E-state index contributed by atoms with van der Waals surface area (Å²) in [6.45, 7) is -0.703. The first-order chi connectivity index (χ1) is 9.63. The minimum atomic E-state index is -2.56. The van der Waals surface area contributed by atoms with Crippen molar-refractivity contribution in [1.29, 1.82) is 0 Å².